The summed E-state index contributed by atoms with van der Waals surface area (Å²) in [6.45, 7) is 13.1. The number of benzene rings is 4. The van der Waals surface area contributed by atoms with Crippen LogP contribution in [0.5, 0.6) is 40.2 Å². The number of nitriles is 1. The summed E-state index contributed by atoms with van der Waals surface area (Å²) >= 11 is 5.06. The first-order chi connectivity index (χ1) is 33.8. The van der Waals surface area contributed by atoms with Gasteiger partial charge in [-0.05, 0) is 96.2 Å². The highest BCUT2D eigenvalue weighted by molar-refractivity contribution is 9.10. The van der Waals surface area contributed by atoms with E-state index >= 15 is 9.59 Å². The van der Waals surface area contributed by atoms with Crippen LogP contribution in [0, 0.1) is 25.2 Å². The van der Waals surface area contributed by atoms with Gasteiger partial charge in [0.25, 0.3) is 5.91 Å². The number of methoxy groups -OCH3 is 2. The first-order valence-corrected chi connectivity index (χ1v) is 25.0. The molecule has 0 N–H and O–H groups in total. The predicted molar refractivity (Wildman–Crippen MR) is 263 cm³/mol. The van der Waals surface area contributed by atoms with Crippen molar-refractivity contribution in [2.45, 2.75) is 74.6 Å². The number of piperazine rings is 1. The Kier molecular flexibility index (Phi) is 12.6. The zero-order valence-corrected chi connectivity index (χ0v) is 42.2. The highest BCUT2D eigenvalue weighted by atomic mass is 79.9. The van der Waals surface area contributed by atoms with Crippen molar-refractivity contribution in [1.29, 1.82) is 5.26 Å². The number of thioether (sulfide) groups is 1. The van der Waals surface area contributed by atoms with Crippen LogP contribution in [-0.2, 0) is 32.7 Å². The Morgan fingerprint density at radius 2 is 1.71 bits per heavy atom. The number of carbonyl (C=O) groups is 3. The number of fused-ring (bicyclic) bond motifs is 9. The largest absolute Gasteiger partial charge is 0.493 e. The van der Waals surface area contributed by atoms with E-state index in [1.807, 2.05) is 33.0 Å². The van der Waals surface area contributed by atoms with Crippen molar-refractivity contribution in [3.8, 4) is 46.3 Å². The van der Waals surface area contributed by atoms with E-state index in [0.29, 0.717) is 85.4 Å². The third kappa shape index (κ3) is 7.15. The molecule has 7 aliphatic rings. The number of likely N-dealkylation sites (N-methyl/N-ethyl adjacent to an activating group) is 1. The average molecular weight is 1030 g/mol. The Hall–Kier alpha value is -6.19. The average Bonchev–Trinajstić information content (AvgIpc) is 3.85. The molecule has 7 atom stereocenters. The van der Waals surface area contributed by atoms with Gasteiger partial charge in [-0.1, -0.05) is 43.5 Å². The fourth-order valence-corrected chi connectivity index (χ4v) is 14.0. The highest BCUT2D eigenvalue weighted by Gasteiger charge is 2.63. The number of nitrogens with zero attached hydrogens (tertiary/aromatic N) is 4. The molecule has 4 aromatic rings. The quantitative estimate of drug-likeness (QED) is 0.0854. The molecule has 0 unspecified atom stereocenters. The van der Waals surface area contributed by atoms with Gasteiger partial charge in [0, 0.05) is 58.0 Å². The minimum atomic E-state index is -1.77. The van der Waals surface area contributed by atoms with Crippen LogP contribution in [0.4, 0.5) is 0 Å². The summed E-state index contributed by atoms with van der Waals surface area (Å²) in [6.07, 6.45) is 4.22. The number of esters is 2. The van der Waals surface area contributed by atoms with Crippen LogP contribution in [0.25, 0.3) is 0 Å². The van der Waals surface area contributed by atoms with Crippen molar-refractivity contribution < 1.29 is 52.3 Å². The van der Waals surface area contributed by atoms with Crippen LogP contribution in [0.3, 0.4) is 0 Å². The molecule has 4 aromatic carbocycles. The number of carbonyl (C=O) groups excluding carboxylic acids is 3. The lowest BCUT2D eigenvalue weighted by molar-refractivity contribution is -0.162. The van der Waals surface area contributed by atoms with Gasteiger partial charge in [0.1, 0.15) is 31.6 Å². The third-order valence-electron chi connectivity index (χ3n) is 14.7. The number of aryl methyl sites for hydroxylation is 1. The van der Waals surface area contributed by atoms with Crippen LogP contribution in [-0.4, -0.2) is 111 Å². The Bertz CT molecular complexity index is 2920. The van der Waals surface area contributed by atoms with E-state index in [1.165, 1.54) is 25.8 Å². The fraction of sp³-hybridized carbons (Fsp3) is 0.396. The number of ether oxygens (including phenoxy) is 8. The van der Waals surface area contributed by atoms with Crippen LogP contribution < -0.4 is 33.2 Å². The maximum atomic E-state index is 15.9. The lowest BCUT2D eigenvalue weighted by Gasteiger charge is -2.62. The Morgan fingerprint density at radius 3 is 2.43 bits per heavy atom. The molecule has 15 nitrogen and oxygen atoms in total. The van der Waals surface area contributed by atoms with Gasteiger partial charge in [-0.3, -0.25) is 19.4 Å². The second-order valence-corrected chi connectivity index (χ2v) is 20.2. The van der Waals surface area contributed by atoms with Crippen LogP contribution in [0.1, 0.15) is 79.1 Å². The maximum absolute atomic E-state index is 15.9. The molecule has 2 saturated heterocycles. The third-order valence-corrected chi connectivity index (χ3v) is 16.8. The van der Waals surface area contributed by atoms with Crippen molar-refractivity contribution in [3.63, 3.8) is 0 Å². The normalized spacial score (nSPS) is 25.0. The molecule has 0 saturated carbocycles. The first kappa shape index (κ1) is 47.5. The van der Waals surface area contributed by atoms with E-state index in [2.05, 4.69) is 51.0 Å². The summed E-state index contributed by atoms with van der Waals surface area (Å²) in [7, 11) is 5.19. The lowest BCUT2D eigenvalue weighted by atomic mass is 9.71. The van der Waals surface area contributed by atoms with E-state index in [1.54, 1.807) is 48.4 Å². The predicted octanol–water partition coefficient (Wildman–Crippen LogP) is 8.02. The lowest BCUT2D eigenvalue weighted by Crippen LogP contribution is -2.69. The maximum Gasteiger partial charge on any atom is 0.337 e. The number of rotatable bonds is 10. The summed E-state index contributed by atoms with van der Waals surface area (Å²) < 4.78 is 51.0. The molecule has 0 aromatic heterocycles. The molecule has 0 radical (unpaired) electrons. The summed E-state index contributed by atoms with van der Waals surface area (Å²) in [4.78, 5) is 50.7. The number of amides is 1. The standard InChI is InChI=1S/C53H53BrN4O11S/c1-9-17-64-39-21-30-15-16-57(51(60)32-13-11-12-14-34(32)54)53(33(30)22-38(39)62-7)25-70-50-42-41(49-47(67-26-68-49)28(4)46(42)69-29(5)59)37(24-66-52(53)61)58-36(23-55)35-20-31-19-27(3)45(63-8)48(65-18-10-2)40(31)43(44(50)58)56(35)6/h9-14,19,21-22,35-37,43-44,50H,1-2,15-18,20,24-26H2,3-8H3/t35-,36-,37+,43+,44+,50+,53+/m0/s1. The second-order valence-electron chi connectivity index (χ2n) is 18.2. The van der Waals surface area contributed by atoms with E-state index in [-0.39, 0.29) is 50.9 Å². The molecular weight excluding hydrogens is 981 g/mol. The molecule has 1 amide bonds. The number of halogens is 1. The number of hydrogen-bond acceptors (Lipinski definition) is 15. The van der Waals surface area contributed by atoms with Gasteiger partial charge in [0.15, 0.2) is 40.0 Å². The topological polar surface area (TPSA) is 159 Å². The minimum Gasteiger partial charge on any atom is -0.493 e. The molecule has 70 heavy (non-hydrogen) atoms. The van der Waals surface area contributed by atoms with Crippen LogP contribution >= 0.6 is 27.7 Å². The zero-order chi connectivity index (χ0) is 49.3. The molecule has 17 heteroatoms. The van der Waals surface area contributed by atoms with E-state index in [0.717, 1.165) is 22.3 Å². The van der Waals surface area contributed by atoms with Crippen LogP contribution in [0.2, 0.25) is 0 Å². The Labute approximate surface area is 419 Å². The van der Waals surface area contributed by atoms with E-state index in [9.17, 15) is 10.1 Å². The van der Waals surface area contributed by atoms with Crippen LogP contribution in [0.15, 0.2) is 72.2 Å². The van der Waals surface area contributed by atoms with Gasteiger partial charge in [-0.2, -0.15) is 5.26 Å². The fourth-order valence-electron chi connectivity index (χ4n) is 11.9. The van der Waals surface area contributed by atoms with Crippen molar-refractivity contribution in [3.05, 3.63) is 122 Å². The molecule has 2 fully saturated rings. The highest BCUT2D eigenvalue weighted by Crippen LogP contribution is 2.65. The molecule has 0 aliphatic carbocycles. The van der Waals surface area contributed by atoms with Gasteiger partial charge in [0.05, 0.1) is 43.2 Å². The molecule has 1 spiro atoms. The van der Waals surface area contributed by atoms with Crippen molar-refractivity contribution in [2.24, 2.45) is 0 Å². The van der Waals surface area contributed by atoms with E-state index in [4.69, 9.17) is 37.9 Å². The van der Waals surface area contributed by atoms with Gasteiger partial charge in [-0.15, -0.1) is 11.8 Å². The summed E-state index contributed by atoms with van der Waals surface area (Å²) in [5.41, 5.74) is 4.49. The monoisotopic (exact) mass is 1030 g/mol. The molecule has 11 rings (SSSR count). The van der Waals surface area contributed by atoms with Gasteiger partial charge >= 0.3 is 11.9 Å². The number of hydrogen-bond donors (Lipinski definition) is 0. The van der Waals surface area contributed by atoms with Gasteiger partial charge in [-0.25, -0.2) is 4.79 Å². The van der Waals surface area contributed by atoms with Crippen molar-refractivity contribution in [1.82, 2.24) is 14.7 Å². The first-order valence-electron chi connectivity index (χ1n) is 23.1. The van der Waals surface area contributed by atoms with Crippen molar-refractivity contribution >= 4 is 45.5 Å². The molecule has 7 heterocycles. The Balaban J connectivity index is 1.27. The van der Waals surface area contributed by atoms with E-state index < -0.39 is 46.9 Å². The SMILES string of the molecule is C=CCOc1cc2c(cc1OC)[C@@]1(CS[C@@H]3c4c(OC(C)=O)c(C)c5c(c4[C@@H](COC1=O)N1[C@@H]3[C@H]3c4c(cc(C)c(OC)c4OCC=C)C[C@@H]([C@@H]1C#N)N3C)OCO5)N(C(=O)c1ccccc1Br)CC2. The molecule has 364 valence electrons. The zero-order valence-electron chi connectivity index (χ0n) is 39.8. The Morgan fingerprint density at radius 1 is 0.957 bits per heavy atom. The molecule has 7 aliphatic heterocycles. The van der Waals surface area contributed by atoms with Gasteiger partial charge < -0.3 is 42.8 Å². The summed E-state index contributed by atoms with van der Waals surface area (Å²) in [5, 5.41) is 10.8. The van der Waals surface area contributed by atoms with Crippen molar-refractivity contribution in [2.75, 3.05) is 60.2 Å². The molecular formula is C53H53BrN4O11S. The summed E-state index contributed by atoms with van der Waals surface area (Å²) in [6, 6.07) is 12.6. The second kappa shape index (κ2) is 18.5. The van der Waals surface area contributed by atoms with Gasteiger partial charge in [0.2, 0.25) is 6.79 Å². The minimum absolute atomic E-state index is 0.0574. The summed E-state index contributed by atoms with van der Waals surface area (Å²) in [5.74, 6) is 1.45. The molecule has 4 bridgehead atoms. The smallest absolute Gasteiger partial charge is 0.337 e.